The molecule has 4 nitrogen and oxygen atoms in total. The zero-order valence-corrected chi connectivity index (χ0v) is 14.9. The van der Waals surface area contributed by atoms with Gasteiger partial charge in [0.15, 0.2) is 0 Å². The standard InChI is InChI=1S/C20H30N2O2/c1-4-11-21-20(23)16(3)22-18-9-6-8-17(13-18)14-24-19-10-5-7-15(2)12-19/h4,6,8-9,13,15-16,19,22H,1,5,7,10-12,14H2,2-3H3,(H,21,23). The molecule has 0 radical (unpaired) electrons. The molecule has 3 atom stereocenters. The Morgan fingerprint density at radius 2 is 2.29 bits per heavy atom. The maximum atomic E-state index is 11.9. The lowest BCUT2D eigenvalue weighted by Gasteiger charge is -2.26. The normalized spacial score (nSPS) is 21.8. The van der Waals surface area contributed by atoms with E-state index in [1.54, 1.807) is 6.08 Å². The molecular formula is C20H30N2O2. The van der Waals surface area contributed by atoms with Crippen molar-refractivity contribution in [3.63, 3.8) is 0 Å². The average Bonchev–Trinajstić information content (AvgIpc) is 2.58. The summed E-state index contributed by atoms with van der Waals surface area (Å²) in [4.78, 5) is 11.9. The average molecular weight is 330 g/mol. The highest BCUT2D eigenvalue weighted by Crippen LogP contribution is 2.26. The summed E-state index contributed by atoms with van der Waals surface area (Å²) in [5.74, 6) is 0.736. The zero-order valence-electron chi connectivity index (χ0n) is 14.9. The van der Waals surface area contributed by atoms with Crippen molar-refractivity contribution in [2.45, 2.75) is 58.3 Å². The molecule has 0 heterocycles. The summed E-state index contributed by atoms with van der Waals surface area (Å²) < 4.78 is 6.08. The third-order valence-electron chi connectivity index (χ3n) is 4.50. The first-order valence-corrected chi connectivity index (χ1v) is 8.94. The van der Waals surface area contributed by atoms with Gasteiger partial charge in [-0.1, -0.05) is 38.0 Å². The van der Waals surface area contributed by atoms with E-state index in [9.17, 15) is 4.79 Å². The fourth-order valence-corrected chi connectivity index (χ4v) is 3.14. The number of anilines is 1. The Bertz CT molecular complexity index is 544. The van der Waals surface area contributed by atoms with E-state index in [0.717, 1.165) is 17.2 Å². The molecule has 1 aliphatic rings. The molecule has 0 saturated heterocycles. The van der Waals surface area contributed by atoms with E-state index >= 15 is 0 Å². The van der Waals surface area contributed by atoms with Crippen LogP contribution in [0.4, 0.5) is 5.69 Å². The number of hydrogen-bond acceptors (Lipinski definition) is 3. The Morgan fingerprint density at radius 1 is 1.46 bits per heavy atom. The number of amides is 1. The summed E-state index contributed by atoms with van der Waals surface area (Å²) in [5, 5.41) is 6.03. The summed E-state index contributed by atoms with van der Waals surface area (Å²) in [5.41, 5.74) is 2.08. The lowest BCUT2D eigenvalue weighted by atomic mass is 9.89. The molecule has 4 heteroatoms. The fraction of sp³-hybridized carbons (Fsp3) is 0.550. The topological polar surface area (TPSA) is 50.4 Å². The first-order valence-electron chi connectivity index (χ1n) is 8.94. The second kappa shape index (κ2) is 9.48. The Hall–Kier alpha value is -1.81. The van der Waals surface area contributed by atoms with Crippen LogP contribution in [0.5, 0.6) is 0 Å². The van der Waals surface area contributed by atoms with E-state index in [1.165, 1.54) is 25.7 Å². The molecule has 1 aromatic carbocycles. The molecule has 2 rings (SSSR count). The third kappa shape index (κ3) is 6.00. The van der Waals surface area contributed by atoms with Gasteiger partial charge in [-0.15, -0.1) is 6.58 Å². The fourth-order valence-electron chi connectivity index (χ4n) is 3.14. The van der Waals surface area contributed by atoms with Crippen molar-refractivity contribution in [3.8, 4) is 0 Å². The minimum atomic E-state index is -0.291. The number of benzene rings is 1. The largest absolute Gasteiger partial charge is 0.374 e. The monoisotopic (exact) mass is 330 g/mol. The van der Waals surface area contributed by atoms with Crippen molar-refractivity contribution >= 4 is 11.6 Å². The molecule has 0 aliphatic heterocycles. The van der Waals surface area contributed by atoms with E-state index in [1.807, 2.05) is 19.1 Å². The van der Waals surface area contributed by atoms with Gasteiger partial charge in [-0.25, -0.2) is 0 Å². The predicted molar refractivity (Wildman–Crippen MR) is 98.9 cm³/mol. The van der Waals surface area contributed by atoms with Gasteiger partial charge in [0.25, 0.3) is 0 Å². The van der Waals surface area contributed by atoms with Crippen LogP contribution in [-0.4, -0.2) is 24.6 Å². The second-order valence-electron chi connectivity index (χ2n) is 6.81. The minimum Gasteiger partial charge on any atom is -0.374 e. The highest BCUT2D eigenvalue weighted by molar-refractivity contribution is 5.84. The van der Waals surface area contributed by atoms with Gasteiger partial charge in [0.05, 0.1) is 12.7 Å². The first-order chi connectivity index (χ1) is 11.6. The summed E-state index contributed by atoms with van der Waals surface area (Å²) in [7, 11) is 0. The van der Waals surface area contributed by atoms with Crippen molar-refractivity contribution in [3.05, 3.63) is 42.5 Å². The van der Waals surface area contributed by atoms with E-state index in [-0.39, 0.29) is 11.9 Å². The van der Waals surface area contributed by atoms with Gasteiger partial charge in [-0.05, 0) is 43.4 Å². The molecule has 0 aromatic heterocycles. The van der Waals surface area contributed by atoms with Gasteiger partial charge >= 0.3 is 0 Å². The van der Waals surface area contributed by atoms with E-state index < -0.39 is 0 Å². The minimum absolute atomic E-state index is 0.0345. The van der Waals surface area contributed by atoms with Gasteiger partial charge < -0.3 is 15.4 Å². The number of rotatable bonds is 8. The Kier molecular flexibility index (Phi) is 7.32. The summed E-state index contributed by atoms with van der Waals surface area (Å²) in [6, 6.07) is 7.81. The number of carbonyl (C=O) groups excluding carboxylic acids is 1. The van der Waals surface area contributed by atoms with E-state index in [2.05, 4.69) is 36.3 Å². The number of carbonyl (C=O) groups is 1. The van der Waals surface area contributed by atoms with Crippen molar-refractivity contribution in [1.82, 2.24) is 5.32 Å². The summed E-state index contributed by atoms with van der Waals surface area (Å²) in [6.07, 6.45) is 6.99. The first kappa shape index (κ1) is 18.5. The van der Waals surface area contributed by atoms with Crippen molar-refractivity contribution in [1.29, 1.82) is 0 Å². The van der Waals surface area contributed by atoms with Crippen LogP contribution in [0, 0.1) is 5.92 Å². The van der Waals surface area contributed by atoms with Crippen LogP contribution in [0.15, 0.2) is 36.9 Å². The van der Waals surface area contributed by atoms with Crippen LogP contribution in [0.2, 0.25) is 0 Å². The van der Waals surface area contributed by atoms with Gasteiger partial charge in [0.1, 0.15) is 6.04 Å². The van der Waals surface area contributed by atoms with Crippen LogP contribution in [0.1, 0.15) is 45.1 Å². The maximum absolute atomic E-state index is 11.9. The van der Waals surface area contributed by atoms with E-state index in [4.69, 9.17) is 4.74 Å². The van der Waals surface area contributed by atoms with Crippen LogP contribution >= 0.6 is 0 Å². The lowest BCUT2D eigenvalue weighted by molar-refractivity contribution is -0.121. The highest BCUT2D eigenvalue weighted by Gasteiger charge is 2.19. The van der Waals surface area contributed by atoms with Crippen molar-refractivity contribution < 1.29 is 9.53 Å². The van der Waals surface area contributed by atoms with E-state index in [0.29, 0.717) is 19.3 Å². The maximum Gasteiger partial charge on any atom is 0.242 e. The van der Waals surface area contributed by atoms with Crippen molar-refractivity contribution in [2.24, 2.45) is 5.92 Å². The molecular weight excluding hydrogens is 300 g/mol. The molecule has 132 valence electrons. The number of ether oxygens (including phenoxy) is 1. The predicted octanol–water partition coefficient (Wildman–Crippen LogP) is 3.88. The van der Waals surface area contributed by atoms with Crippen molar-refractivity contribution in [2.75, 3.05) is 11.9 Å². The molecule has 3 unspecified atom stereocenters. The smallest absolute Gasteiger partial charge is 0.242 e. The molecule has 24 heavy (non-hydrogen) atoms. The third-order valence-corrected chi connectivity index (χ3v) is 4.50. The van der Waals surface area contributed by atoms with Gasteiger partial charge in [0.2, 0.25) is 5.91 Å². The van der Waals surface area contributed by atoms with Gasteiger partial charge in [-0.3, -0.25) is 4.79 Å². The van der Waals surface area contributed by atoms with Crippen LogP contribution in [0.25, 0.3) is 0 Å². The number of nitrogens with one attached hydrogen (secondary N) is 2. The molecule has 2 N–H and O–H groups in total. The molecule has 1 saturated carbocycles. The zero-order chi connectivity index (χ0) is 17.4. The molecule has 0 spiro atoms. The van der Waals surface area contributed by atoms with Gasteiger partial charge in [0, 0.05) is 12.2 Å². The molecule has 1 aromatic rings. The molecule has 1 fully saturated rings. The van der Waals surface area contributed by atoms with Crippen LogP contribution in [-0.2, 0) is 16.1 Å². The Labute approximate surface area is 145 Å². The molecule has 1 amide bonds. The quantitative estimate of drug-likeness (QED) is 0.711. The second-order valence-corrected chi connectivity index (χ2v) is 6.81. The van der Waals surface area contributed by atoms with Crippen LogP contribution < -0.4 is 10.6 Å². The molecule has 0 bridgehead atoms. The molecule has 1 aliphatic carbocycles. The highest BCUT2D eigenvalue weighted by atomic mass is 16.5. The lowest BCUT2D eigenvalue weighted by Crippen LogP contribution is -2.37. The summed E-state index contributed by atoms with van der Waals surface area (Å²) >= 11 is 0. The summed E-state index contributed by atoms with van der Waals surface area (Å²) in [6.45, 7) is 8.87. The Balaban J connectivity index is 1.84. The van der Waals surface area contributed by atoms with Gasteiger partial charge in [-0.2, -0.15) is 0 Å². The SMILES string of the molecule is C=CCNC(=O)C(C)Nc1cccc(COC2CCCC(C)C2)c1. The number of hydrogen-bond donors (Lipinski definition) is 2. The Morgan fingerprint density at radius 3 is 3.04 bits per heavy atom. The van der Waals surface area contributed by atoms with Crippen LogP contribution in [0.3, 0.4) is 0 Å².